The van der Waals surface area contributed by atoms with Crippen LogP contribution >= 0.6 is 0 Å². The lowest BCUT2D eigenvalue weighted by Gasteiger charge is -2.58. The monoisotopic (exact) mass is 344 g/mol. The van der Waals surface area contributed by atoms with Gasteiger partial charge < -0.3 is 20.7 Å². The van der Waals surface area contributed by atoms with Crippen LogP contribution in [0.1, 0.15) is 48.9 Å². The fourth-order valence-corrected chi connectivity index (χ4v) is 4.76. The Kier molecular flexibility index (Phi) is 3.91. The summed E-state index contributed by atoms with van der Waals surface area (Å²) in [6, 6.07) is 1.82. The first-order valence-electron chi connectivity index (χ1n) is 8.94. The molecule has 2 amide bonds. The van der Waals surface area contributed by atoms with E-state index in [-0.39, 0.29) is 23.6 Å². The first-order chi connectivity index (χ1) is 12.0. The Labute approximate surface area is 146 Å². The highest BCUT2D eigenvalue weighted by molar-refractivity contribution is 5.98. The molecule has 0 aromatic carbocycles. The van der Waals surface area contributed by atoms with E-state index in [0.717, 1.165) is 44.2 Å². The molecular formula is C18H24N4O3. The Morgan fingerprint density at radius 2 is 1.96 bits per heavy atom. The molecule has 0 unspecified atom stereocenters. The highest BCUT2D eigenvalue weighted by atomic mass is 16.5. The standard InChI is InChI=1S/C18H24N4O3/c19-16(24)13-11-20-8-1-14(13)21-17-2-5-18(6-3-17,7-4-17)22-9-10-25-12-15(22)23/h1,8,11H,2-7,9-10,12H2,(H2,19,24)(H,20,21). The number of primary amides is 1. The van der Waals surface area contributed by atoms with Crippen LogP contribution in [0.2, 0.25) is 0 Å². The third-order valence-electron chi connectivity index (χ3n) is 6.25. The predicted molar refractivity (Wildman–Crippen MR) is 92.1 cm³/mol. The number of anilines is 1. The second-order valence-electron chi connectivity index (χ2n) is 7.51. The molecule has 2 heterocycles. The number of fused-ring (bicyclic) bond motifs is 3. The molecule has 3 saturated carbocycles. The number of carbonyl (C=O) groups excluding carboxylic acids is 2. The average Bonchev–Trinajstić information content (AvgIpc) is 2.64. The van der Waals surface area contributed by atoms with Gasteiger partial charge >= 0.3 is 0 Å². The number of hydrogen-bond donors (Lipinski definition) is 2. The zero-order valence-electron chi connectivity index (χ0n) is 14.3. The minimum Gasteiger partial charge on any atom is -0.379 e. The fraction of sp³-hybridized carbons (Fsp3) is 0.611. The van der Waals surface area contributed by atoms with Crippen LogP contribution in [0.3, 0.4) is 0 Å². The topological polar surface area (TPSA) is 97.6 Å². The zero-order chi connectivity index (χ0) is 17.5. The van der Waals surface area contributed by atoms with Crippen LogP contribution in [0.25, 0.3) is 0 Å². The summed E-state index contributed by atoms with van der Waals surface area (Å²) in [6.45, 7) is 1.55. The van der Waals surface area contributed by atoms with Gasteiger partial charge in [0, 0.05) is 30.0 Å². The first-order valence-corrected chi connectivity index (χ1v) is 8.94. The fourth-order valence-electron chi connectivity index (χ4n) is 4.76. The van der Waals surface area contributed by atoms with E-state index in [2.05, 4.69) is 15.2 Å². The maximum atomic E-state index is 12.3. The number of morpholine rings is 1. The van der Waals surface area contributed by atoms with E-state index in [1.165, 1.54) is 6.20 Å². The van der Waals surface area contributed by atoms with Crippen molar-refractivity contribution in [2.75, 3.05) is 25.1 Å². The van der Waals surface area contributed by atoms with Crippen LogP contribution in [0.5, 0.6) is 0 Å². The van der Waals surface area contributed by atoms with Gasteiger partial charge in [-0.1, -0.05) is 0 Å². The molecule has 0 radical (unpaired) electrons. The summed E-state index contributed by atoms with van der Waals surface area (Å²) in [5.41, 5.74) is 6.64. The van der Waals surface area contributed by atoms with Gasteiger partial charge in [0.15, 0.2) is 0 Å². The number of nitrogens with zero attached hydrogens (tertiary/aromatic N) is 2. The molecule has 3 aliphatic carbocycles. The van der Waals surface area contributed by atoms with Crippen LogP contribution in [-0.4, -0.2) is 52.5 Å². The minimum atomic E-state index is -0.466. The van der Waals surface area contributed by atoms with Crippen molar-refractivity contribution in [3.05, 3.63) is 24.0 Å². The summed E-state index contributed by atoms with van der Waals surface area (Å²) in [5.74, 6) is -0.342. The van der Waals surface area contributed by atoms with Crippen LogP contribution in [-0.2, 0) is 9.53 Å². The molecule has 1 aromatic rings. The quantitative estimate of drug-likeness (QED) is 0.858. The number of nitrogens with two attached hydrogens (primary N) is 1. The Morgan fingerprint density at radius 1 is 1.24 bits per heavy atom. The molecule has 1 aromatic heterocycles. The van der Waals surface area contributed by atoms with Gasteiger partial charge in [-0.3, -0.25) is 14.6 Å². The number of carbonyl (C=O) groups is 2. The van der Waals surface area contributed by atoms with Crippen molar-refractivity contribution in [1.82, 2.24) is 9.88 Å². The minimum absolute atomic E-state index is 0.00491. The summed E-state index contributed by atoms with van der Waals surface area (Å²) in [5, 5.41) is 3.59. The lowest BCUT2D eigenvalue weighted by molar-refractivity contribution is -0.157. The smallest absolute Gasteiger partial charge is 0.252 e. The van der Waals surface area contributed by atoms with Crippen molar-refractivity contribution in [2.24, 2.45) is 5.73 Å². The average molecular weight is 344 g/mol. The molecule has 7 heteroatoms. The maximum absolute atomic E-state index is 12.3. The van der Waals surface area contributed by atoms with Gasteiger partial charge in [-0.25, -0.2) is 0 Å². The highest BCUT2D eigenvalue weighted by Gasteiger charge is 2.52. The molecule has 4 aliphatic rings. The molecule has 1 aliphatic heterocycles. The molecule has 7 nitrogen and oxygen atoms in total. The van der Waals surface area contributed by atoms with Crippen LogP contribution < -0.4 is 11.1 Å². The Balaban J connectivity index is 1.51. The normalized spacial score (nSPS) is 31.8. The van der Waals surface area contributed by atoms with Crippen molar-refractivity contribution in [1.29, 1.82) is 0 Å². The number of rotatable bonds is 4. The second-order valence-corrected chi connectivity index (χ2v) is 7.51. The largest absolute Gasteiger partial charge is 0.379 e. The summed E-state index contributed by atoms with van der Waals surface area (Å²) >= 11 is 0. The van der Waals surface area contributed by atoms with E-state index < -0.39 is 5.91 Å². The van der Waals surface area contributed by atoms with Gasteiger partial charge in [0.25, 0.3) is 5.91 Å². The first kappa shape index (κ1) is 16.3. The van der Waals surface area contributed by atoms with Crippen LogP contribution in [0.4, 0.5) is 5.69 Å². The number of hydrogen-bond acceptors (Lipinski definition) is 5. The van der Waals surface area contributed by atoms with Crippen molar-refractivity contribution in [2.45, 2.75) is 49.6 Å². The summed E-state index contributed by atoms with van der Waals surface area (Å²) in [7, 11) is 0. The van der Waals surface area contributed by atoms with E-state index in [9.17, 15) is 9.59 Å². The van der Waals surface area contributed by atoms with E-state index in [4.69, 9.17) is 10.5 Å². The number of amides is 2. The van der Waals surface area contributed by atoms with Gasteiger partial charge in [0.2, 0.25) is 5.91 Å². The molecule has 25 heavy (non-hydrogen) atoms. The molecule has 2 bridgehead atoms. The summed E-state index contributed by atoms with van der Waals surface area (Å²) in [4.78, 5) is 30.0. The molecule has 4 fully saturated rings. The third kappa shape index (κ3) is 2.76. The van der Waals surface area contributed by atoms with Crippen LogP contribution in [0, 0.1) is 0 Å². The predicted octanol–water partition coefficient (Wildman–Crippen LogP) is 1.30. The van der Waals surface area contributed by atoms with Gasteiger partial charge in [-0.15, -0.1) is 0 Å². The van der Waals surface area contributed by atoms with E-state index >= 15 is 0 Å². The highest BCUT2D eigenvalue weighted by Crippen LogP contribution is 2.51. The molecular weight excluding hydrogens is 320 g/mol. The summed E-state index contributed by atoms with van der Waals surface area (Å²) < 4.78 is 5.29. The van der Waals surface area contributed by atoms with Crippen molar-refractivity contribution in [3.63, 3.8) is 0 Å². The number of aromatic nitrogens is 1. The van der Waals surface area contributed by atoms with Crippen molar-refractivity contribution in [3.8, 4) is 0 Å². The lowest BCUT2D eigenvalue weighted by atomic mass is 9.60. The van der Waals surface area contributed by atoms with Gasteiger partial charge in [-0.05, 0) is 44.6 Å². The Hall–Kier alpha value is -2.15. The maximum Gasteiger partial charge on any atom is 0.252 e. The summed E-state index contributed by atoms with van der Waals surface area (Å²) in [6.07, 6.45) is 9.11. The third-order valence-corrected chi connectivity index (χ3v) is 6.25. The number of ether oxygens (including phenoxy) is 1. The Bertz CT molecular complexity index is 681. The van der Waals surface area contributed by atoms with Gasteiger partial charge in [0.05, 0.1) is 17.9 Å². The van der Waals surface area contributed by atoms with Crippen molar-refractivity contribution >= 4 is 17.5 Å². The van der Waals surface area contributed by atoms with E-state index in [0.29, 0.717) is 18.7 Å². The van der Waals surface area contributed by atoms with Crippen LogP contribution in [0.15, 0.2) is 18.5 Å². The lowest BCUT2D eigenvalue weighted by Crippen LogP contribution is -2.64. The van der Waals surface area contributed by atoms with Crippen molar-refractivity contribution < 1.29 is 14.3 Å². The Morgan fingerprint density at radius 3 is 2.60 bits per heavy atom. The molecule has 3 N–H and O–H groups in total. The van der Waals surface area contributed by atoms with Gasteiger partial charge in [0.1, 0.15) is 6.61 Å². The number of pyridine rings is 1. The van der Waals surface area contributed by atoms with E-state index in [1.54, 1.807) is 6.20 Å². The number of nitrogens with one attached hydrogen (secondary N) is 1. The molecule has 0 atom stereocenters. The molecule has 0 spiro atoms. The SMILES string of the molecule is NC(=O)c1cnccc1NC12CCC(N3CCOCC3=O)(CC1)CC2. The molecule has 1 saturated heterocycles. The molecule has 134 valence electrons. The molecule has 5 rings (SSSR count). The van der Waals surface area contributed by atoms with E-state index in [1.807, 2.05) is 6.07 Å². The zero-order valence-corrected chi connectivity index (χ0v) is 14.3. The second kappa shape index (κ2) is 5.98. The van der Waals surface area contributed by atoms with Gasteiger partial charge in [-0.2, -0.15) is 0 Å².